The number of fused-ring (bicyclic) bond motifs is 1. The number of likely N-dealkylation sites (N-methyl/N-ethyl adjacent to an activating group) is 1. The number of unbranched alkanes of at least 4 members (excludes halogenated alkanes) is 1. The topological polar surface area (TPSA) is 70.1 Å². The third-order valence-electron chi connectivity index (χ3n) is 8.10. The third-order valence-corrected chi connectivity index (χ3v) is 8.59. The first kappa shape index (κ1) is 29.5. The van der Waals surface area contributed by atoms with E-state index in [2.05, 4.69) is 57.9 Å². The van der Waals surface area contributed by atoms with Gasteiger partial charge in [0.05, 0.1) is 23.0 Å². The molecule has 0 bridgehead atoms. The van der Waals surface area contributed by atoms with E-state index in [1.165, 1.54) is 5.56 Å². The molecule has 0 saturated carbocycles. The summed E-state index contributed by atoms with van der Waals surface area (Å²) in [4.78, 5) is 25.7. The highest BCUT2D eigenvalue weighted by molar-refractivity contribution is 6.34. The van der Waals surface area contributed by atoms with E-state index < -0.39 is 0 Å². The fourth-order valence-electron chi connectivity index (χ4n) is 5.43. The van der Waals surface area contributed by atoms with Gasteiger partial charge in [-0.15, -0.1) is 0 Å². The molecule has 1 amide bonds. The number of benzene rings is 2. The van der Waals surface area contributed by atoms with E-state index in [1.807, 2.05) is 12.1 Å². The Kier molecular flexibility index (Phi) is 10.2. The second-order valence-corrected chi connectivity index (χ2v) is 11.4. The van der Waals surface area contributed by atoms with E-state index >= 15 is 0 Å². The minimum absolute atomic E-state index is 0.121. The summed E-state index contributed by atoms with van der Waals surface area (Å²) < 4.78 is 17.1. The molecule has 41 heavy (non-hydrogen) atoms. The second kappa shape index (κ2) is 14.2. The molecule has 0 atom stereocenters. The number of anilines is 1. The van der Waals surface area contributed by atoms with Crippen LogP contribution in [0.15, 0.2) is 41.4 Å². The summed E-state index contributed by atoms with van der Waals surface area (Å²) in [5.41, 5.74) is 4.31. The van der Waals surface area contributed by atoms with Gasteiger partial charge in [-0.2, -0.15) is 0 Å². The molecule has 0 aromatic heterocycles. The van der Waals surface area contributed by atoms with Gasteiger partial charge in [0.25, 0.3) is 0 Å². The molecule has 0 spiro atoms. The molecule has 2 fully saturated rings. The summed E-state index contributed by atoms with van der Waals surface area (Å²) in [6.45, 7) is 10.8. The summed E-state index contributed by atoms with van der Waals surface area (Å²) in [5, 5.41) is 0.872. The molecule has 2 saturated heterocycles. The van der Waals surface area contributed by atoms with Gasteiger partial charge in [-0.1, -0.05) is 29.8 Å². The Morgan fingerprint density at radius 3 is 2.56 bits per heavy atom. The van der Waals surface area contributed by atoms with E-state index in [1.54, 1.807) is 4.90 Å². The van der Waals surface area contributed by atoms with Crippen LogP contribution < -0.4 is 9.64 Å². The molecule has 2 aromatic carbocycles. The quantitative estimate of drug-likeness (QED) is 0.305. The van der Waals surface area contributed by atoms with Crippen molar-refractivity contribution in [3.05, 3.63) is 52.5 Å². The maximum Gasteiger partial charge on any atom is 0.412 e. The van der Waals surface area contributed by atoms with Crippen LogP contribution in [0.25, 0.3) is 0 Å². The number of hydrogen-bond acceptors (Lipinski definition) is 8. The highest BCUT2D eigenvalue weighted by Gasteiger charge is 2.21. The van der Waals surface area contributed by atoms with Crippen LogP contribution in [0.1, 0.15) is 30.4 Å². The Morgan fingerprint density at radius 2 is 1.76 bits per heavy atom. The Labute approximate surface area is 248 Å². The fraction of sp³-hybridized carbons (Fsp3) is 0.548. The summed E-state index contributed by atoms with van der Waals surface area (Å²) in [7, 11) is 2.05. The average Bonchev–Trinajstić information content (AvgIpc) is 2.99. The van der Waals surface area contributed by atoms with Crippen molar-refractivity contribution in [1.29, 1.82) is 0 Å². The van der Waals surface area contributed by atoms with Crippen molar-refractivity contribution in [2.45, 2.75) is 32.6 Å². The van der Waals surface area contributed by atoms with Crippen LogP contribution in [0.5, 0.6) is 5.75 Å². The largest absolute Gasteiger partial charge is 0.494 e. The van der Waals surface area contributed by atoms with E-state index in [0.717, 1.165) is 92.8 Å². The van der Waals surface area contributed by atoms with Crippen molar-refractivity contribution in [3.63, 3.8) is 0 Å². The third kappa shape index (κ3) is 8.05. The molecular weight excluding hydrogens is 542 g/mol. The minimum atomic E-state index is -0.333. The Hall–Kier alpha value is -3.01. The van der Waals surface area contributed by atoms with Crippen LogP contribution in [0, 0.1) is 6.92 Å². The lowest BCUT2D eigenvalue weighted by molar-refractivity contribution is 0.0199. The van der Waals surface area contributed by atoms with Crippen LogP contribution in [0.2, 0.25) is 5.02 Å². The monoisotopic (exact) mass is 583 g/mol. The normalized spacial score (nSPS) is 18.1. The van der Waals surface area contributed by atoms with E-state index in [0.29, 0.717) is 32.0 Å². The zero-order chi connectivity index (χ0) is 28.6. The van der Waals surface area contributed by atoms with Gasteiger partial charge >= 0.3 is 6.09 Å². The van der Waals surface area contributed by atoms with Gasteiger partial charge in [-0.25, -0.2) is 9.79 Å². The van der Waals surface area contributed by atoms with Crippen molar-refractivity contribution in [2.75, 3.05) is 84.3 Å². The van der Waals surface area contributed by atoms with Gasteiger partial charge in [0.15, 0.2) is 5.90 Å². The van der Waals surface area contributed by atoms with Gasteiger partial charge in [0, 0.05) is 64.8 Å². The highest BCUT2D eigenvalue weighted by atomic mass is 35.5. The smallest absolute Gasteiger partial charge is 0.412 e. The zero-order valence-corrected chi connectivity index (χ0v) is 25.1. The van der Waals surface area contributed by atoms with Gasteiger partial charge < -0.3 is 28.9 Å². The minimum Gasteiger partial charge on any atom is -0.494 e. The molecule has 5 rings (SSSR count). The first-order valence-corrected chi connectivity index (χ1v) is 15.1. The average molecular weight is 584 g/mol. The molecule has 10 heteroatoms. The number of carbonyl (C=O) groups is 1. The number of amides is 1. The molecule has 3 aliphatic rings. The molecule has 9 nitrogen and oxygen atoms in total. The Morgan fingerprint density at radius 1 is 0.951 bits per heavy atom. The van der Waals surface area contributed by atoms with Crippen molar-refractivity contribution in [3.8, 4) is 5.75 Å². The van der Waals surface area contributed by atoms with Crippen molar-refractivity contribution in [2.24, 2.45) is 4.99 Å². The van der Waals surface area contributed by atoms with Gasteiger partial charge in [0.2, 0.25) is 6.79 Å². The number of nitrogens with zero attached hydrogens (tertiary/aromatic N) is 5. The first-order valence-electron chi connectivity index (χ1n) is 14.7. The van der Waals surface area contributed by atoms with Crippen molar-refractivity contribution < 1.29 is 19.0 Å². The number of ether oxygens (including phenoxy) is 3. The molecule has 0 unspecified atom stereocenters. The highest BCUT2D eigenvalue weighted by Crippen LogP contribution is 2.31. The number of aryl methyl sites for hydroxylation is 2. The first-order chi connectivity index (χ1) is 20.0. The lowest BCUT2D eigenvalue weighted by Crippen LogP contribution is -2.47. The number of hydrogen-bond donors (Lipinski definition) is 0. The van der Waals surface area contributed by atoms with Gasteiger partial charge in [-0.05, 0) is 63.0 Å². The summed E-state index contributed by atoms with van der Waals surface area (Å²) in [5.74, 6) is 1.41. The Balaban J connectivity index is 0.992. The number of carbonyl (C=O) groups excluding carboxylic acids is 1. The summed E-state index contributed by atoms with van der Waals surface area (Å²) in [6, 6.07) is 12.3. The lowest BCUT2D eigenvalue weighted by atomic mass is 10.0. The van der Waals surface area contributed by atoms with Crippen LogP contribution >= 0.6 is 11.6 Å². The molecule has 3 heterocycles. The van der Waals surface area contributed by atoms with Crippen LogP contribution in [0.3, 0.4) is 0 Å². The number of rotatable bonds is 9. The number of piperazine rings is 2. The standard InChI is InChI=1S/C31H42ClN5O4/c1-24-6-5-7-28(30(24)32)36-19-15-35(16-20-36)12-3-4-21-39-26-10-8-25-9-11-29(33-27(25)22-26)40-23-41-31(38)37-17-13-34(2)14-18-37/h5-8,10,22H,3-4,9,11-21,23H2,1-2H3. The molecule has 0 aliphatic carbocycles. The lowest BCUT2D eigenvalue weighted by Gasteiger charge is -2.36. The zero-order valence-electron chi connectivity index (χ0n) is 24.3. The molecule has 0 radical (unpaired) electrons. The molecular formula is C31H42ClN5O4. The van der Waals surface area contributed by atoms with E-state index in [4.69, 9.17) is 25.8 Å². The summed E-state index contributed by atoms with van der Waals surface area (Å²) >= 11 is 6.54. The van der Waals surface area contributed by atoms with Crippen molar-refractivity contribution >= 4 is 35.0 Å². The fourth-order valence-corrected chi connectivity index (χ4v) is 5.67. The number of halogens is 1. The predicted molar refractivity (Wildman–Crippen MR) is 163 cm³/mol. The van der Waals surface area contributed by atoms with Crippen LogP contribution in [-0.2, 0) is 15.9 Å². The van der Waals surface area contributed by atoms with E-state index in [9.17, 15) is 4.79 Å². The molecule has 3 aliphatic heterocycles. The predicted octanol–water partition coefficient (Wildman–Crippen LogP) is 4.96. The molecule has 0 N–H and O–H groups in total. The van der Waals surface area contributed by atoms with Crippen molar-refractivity contribution in [1.82, 2.24) is 14.7 Å². The van der Waals surface area contributed by atoms with Crippen LogP contribution in [-0.4, -0.2) is 106 Å². The Bertz CT molecular complexity index is 1210. The second-order valence-electron chi connectivity index (χ2n) is 11.1. The number of aliphatic imine (C=N–C) groups is 1. The summed E-state index contributed by atoms with van der Waals surface area (Å²) in [6.07, 6.45) is 3.28. The van der Waals surface area contributed by atoms with Gasteiger partial charge in [-0.3, -0.25) is 4.90 Å². The van der Waals surface area contributed by atoms with E-state index in [-0.39, 0.29) is 12.9 Å². The SMILES string of the molecule is Cc1cccc(N2CCN(CCCCOc3ccc4c(c3)N=C(OCOC(=O)N3CCN(C)CC3)CC4)CC2)c1Cl. The molecule has 2 aromatic rings. The maximum atomic E-state index is 12.3. The van der Waals surface area contributed by atoms with Crippen LogP contribution in [0.4, 0.5) is 16.2 Å². The maximum absolute atomic E-state index is 12.3. The molecule has 222 valence electrons. The van der Waals surface area contributed by atoms with Gasteiger partial charge in [0.1, 0.15) is 5.75 Å².